The van der Waals surface area contributed by atoms with Gasteiger partial charge in [-0.1, -0.05) is 12.1 Å². The summed E-state index contributed by atoms with van der Waals surface area (Å²) in [5, 5.41) is 3.05. The van der Waals surface area contributed by atoms with E-state index in [-0.39, 0.29) is 12.1 Å². The van der Waals surface area contributed by atoms with Crippen molar-refractivity contribution < 1.29 is 14.3 Å². The summed E-state index contributed by atoms with van der Waals surface area (Å²) in [6, 6.07) is 17.2. The van der Waals surface area contributed by atoms with E-state index in [1.54, 1.807) is 14.2 Å². The number of urea groups is 1. The first-order valence-electron chi connectivity index (χ1n) is 9.62. The summed E-state index contributed by atoms with van der Waals surface area (Å²) < 4.78 is 13.2. The second kappa shape index (κ2) is 7.91. The molecule has 2 aromatic carbocycles. The number of ether oxygens (including phenoxy) is 2. The smallest absolute Gasteiger partial charge is 0.322 e. The van der Waals surface area contributed by atoms with E-state index in [0.29, 0.717) is 18.0 Å². The number of fused-ring (bicyclic) bond motifs is 1. The number of aryl methyl sites for hydroxylation is 1. The third kappa shape index (κ3) is 3.66. The highest BCUT2D eigenvalue weighted by Gasteiger charge is 2.34. The summed E-state index contributed by atoms with van der Waals surface area (Å²) in [5.41, 5.74) is 3.87. The number of carbonyl (C=O) groups excluding carboxylic acids is 1. The number of hydrogen-bond acceptors (Lipinski definition) is 3. The Bertz CT molecular complexity index is 1030. The van der Waals surface area contributed by atoms with Crippen molar-refractivity contribution in [2.75, 3.05) is 26.1 Å². The Balaban J connectivity index is 1.73. The number of carbonyl (C=O) groups is 1. The SMILES string of the molecule is COc1ccc(C2c3cccn3CCN2C(=O)Nc2cccc(C)c2)c(OC)c1. The molecule has 1 aromatic heterocycles. The zero-order valence-electron chi connectivity index (χ0n) is 16.9. The van der Waals surface area contributed by atoms with Crippen LogP contribution in [0.4, 0.5) is 10.5 Å². The summed E-state index contributed by atoms with van der Waals surface area (Å²) in [5.74, 6) is 1.41. The molecular weight excluding hydrogens is 366 g/mol. The van der Waals surface area contributed by atoms with Gasteiger partial charge in [-0.3, -0.25) is 0 Å². The van der Waals surface area contributed by atoms with Gasteiger partial charge >= 0.3 is 6.03 Å². The third-order valence-corrected chi connectivity index (χ3v) is 5.30. The van der Waals surface area contributed by atoms with E-state index < -0.39 is 0 Å². The molecule has 1 aliphatic rings. The highest BCUT2D eigenvalue weighted by Crippen LogP contribution is 2.39. The van der Waals surface area contributed by atoms with E-state index in [1.165, 1.54) is 0 Å². The first-order valence-corrected chi connectivity index (χ1v) is 9.62. The molecule has 0 saturated carbocycles. The van der Waals surface area contributed by atoms with Gasteiger partial charge in [0.05, 0.1) is 14.2 Å². The molecule has 150 valence electrons. The highest BCUT2D eigenvalue weighted by molar-refractivity contribution is 5.90. The molecule has 0 radical (unpaired) electrons. The Hall–Kier alpha value is -3.41. The average Bonchev–Trinajstić information content (AvgIpc) is 3.21. The summed E-state index contributed by atoms with van der Waals surface area (Å²) in [4.78, 5) is 15.1. The lowest BCUT2D eigenvalue weighted by Gasteiger charge is -2.37. The van der Waals surface area contributed by atoms with Gasteiger partial charge in [-0.15, -0.1) is 0 Å². The van der Waals surface area contributed by atoms with Crippen LogP contribution in [0.1, 0.15) is 22.9 Å². The molecule has 2 amide bonds. The number of methoxy groups -OCH3 is 2. The maximum Gasteiger partial charge on any atom is 0.322 e. The summed E-state index contributed by atoms with van der Waals surface area (Å²) >= 11 is 0. The molecule has 1 unspecified atom stereocenters. The zero-order valence-corrected chi connectivity index (χ0v) is 16.9. The number of aromatic nitrogens is 1. The predicted octanol–water partition coefficient (Wildman–Crippen LogP) is 4.45. The standard InChI is InChI=1S/C23H25N3O3/c1-16-6-4-7-17(14-16)24-23(27)26-13-12-25-11-5-8-20(25)22(26)19-10-9-18(28-2)15-21(19)29-3/h4-11,14-15,22H,12-13H2,1-3H3,(H,24,27). The maximum absolute atomic E-state index is 13.3. The fourth-order valence-corrected chi connectivity index (χ4v) is 3.89. The van der Waals surface area contributed by atoms with Crippen molar-refractivity contribution in [2.24, 2.45) is 0 Å². The molecular formula is C23H25N3O3. The second-order valence-electron chi connectivity index (χ2n) is 7.13. The lowest BCUT2D eigenvalue weighted by molar-refractivity contribution is 0.180. The third-order valence-electron chi connectivity index (χ3n) is 5.30. The largest absolute Gasteiger partial charge is 0.497 e. The highest BCUT2D eigenvalue weighted by atomic mass is 16.5. The van der Waals surface area contributed by atoms with Crippen molar-refractivity contribution in [3.63, 3.8) is 0 Å². The first kappa shape index (κ1) is 18.9. The van der Waals surface area contributed by atoms with E-state index in [0.717, 1.165) is 29.1 Å². The van der Waals surface area contributed by atoms with E-state index in [2.05, 4.69) is 16.0 Å². The average molecular weight is 391 g/mol. The van der Waals surface area contributed by atoms with Crippen LogP contribution in [0, 0.1) is 6.92 Å². The number of nitrogens with one attached hydrogen (secondary N) is 1. The Labute approximate surface area is 170 Å². The number of anilines is 1. The molecule has 0 bridgehead atoms. The van der Waals surface area contributed by atoms with E-state index in [9.17, 15) is 4.79 Å². The van der Waals surface area contributed by atoms with Crippen LogP contribution in [0.2, 0.25) is 0 Å². The van der Waals surface area contributed by atoms with Crippen LogP contribution in [0.15, 0.2) is 60.8 Å². The van der Waals surface area contributed by atoms with Crippen molar-refractivity contribution in [2.45, 2.75) is 19.5 Å². The Morgan fingerprint density at radius 3 is 2.66 bits per heavy atom. The van der Waals surface area contributed by atoms with Crippen LogP contribution in [-0.4, -0.2) is 36.3 Å². The minimum absolute atomic E-state index is 0.133. The van der Waals surface area contributed by atoms with Gasteiger partial charge in [0.1, 0.15) is 17.5 Å². The van der Waals surface area contributed by atoms with Gasteiger partial charge in [0.15, 0.2) is 0 Å². The lowest BCUT2D eigenvalue weighted by atomic mass is 9.99. The van der Waals surface area contributed by atoms with E-state index >= 15 is 0 Å². The van der Waals surface area contributed by atoms with Crippen LogP contribution in [0.25, 0.3) is 0 Å². The Morgan fingerprint density at radius 1 is 1.03 bits per heavy atom. The van der Waals surface area contributed by atoms with Gasteiger partial charge in [0.25, 0.3) is 0 Å². The van der Waals surface area contributed by atoms with Crippen LogP contribution >= 0.6 is 0 Å². The van der Waals surface area contributed by atoms with E-state index in [1.807, 2.05) is 66.6 Å². The van der Waals surface area contributed by atoms with Gasteiger partial charge in [0.2, 0.25) is 0 Å². The number of benzene rings is 2. The first-order chi connectivity index (χ1) is 14.1. The lowest BCUT2D eigenvalue weighted by Crippen LogP contribution is -2.44. The molecule has 2 heterocycles. The maximum atomic E-state index is 13.3. The Kier molecular flexibility index (Phi) is 5.16. The fraction of sp³-hybridized carbons (Fsp3) is 0.261. The topological polar surface area (TPSA) is 55.7 Å². The van der Waals surface area contributed by atoms with Crippen molar-refractivity contribution in [1.29, 1.82) is 0 Å². The number of amides is 2. The molecule has 0 saturated heterocycles. The molecule has 6 heteroatoms. The molecule has 1 aliphatic heterocycles. The minimum Gasteiger partial charge on any atom is -0.497 e. The zero-order chi connectivity index (χ0) is 20.4. The normalized spacial score (nSPS) is 15.6. The van der Waals surface area contributed by atoms with Crippen molar-refractivity contribution in [3.05, 3.63) is 77.6 Å². The van der Waals surface area contributed by atoms with Gasteiger partial charge in [-0.2, -0.15) is 0 Å². The predicted molar refractivity (Wildman–Crippen MR) is 113 cm³/mol. The van der Waals surface area contributed by atoms with Crippen molar-refractivity contribution in [1.82, 2.24) is 9.47 Å². The molecule has 3 aromatic rings. The second-order valence-corrected chi connectivity index (χ2v) is 7.13. The monoisotopic (exact) mass is 391 g/mol. The quantitative estimate of drug-likeness (QED) is 0.715. The fourth-order valence-electron chi connectivity index (χ4n) is 3.89. The van der Waals surface area contributed by atoms with Gasteiger partial charge < -0.3 is 24.3 Å². The molecule has 6 nitrogen and oxygen atoms in total. The van der Waals surface area contributed by atoms with Gasteiger partial charge in [-0.05, 0) is 48.9 Å². The van der Waals surface area contributed by atoms with Crippen LogP contribution in [0.5, 0.6) is 11.5 Å². The summed E-state index contributed by atoms with van der Waals surface area (Å²) in [6.07, 6.45) is 2.05. The van der Waals surface area contributed by atoms with Crippen LogP contribution in [0.3, 0.4) is 0 Å². The van der Waals surface area contributed by atoms with E-state index in [4.69, 9.17) is 9.47 Å². The summed E-state index contributed by atoms with van der Waals surface area (Å²) in [7, 11) is 3.26. The molecule has 1 atom stereocenters. The van der Waals surface area contributed by atoms with Crippen molar-refractivity contribution >= 4 is 11.7 Å². The van der Waals surface area contributed by atoms with Gasteiger partial charge in [0, 0.05) is 42.3 Å². The number of hydrogen-bond donors (Lipinski definition) is 1. The number of rotatable bonds is 4. The Morgan fingerprint density at radius 2 is 1.90 bits per heavy atom. The summed E-state index contributed by atoms with van der Waals surface area (Å²) in [6.45, 7) is 3.35. The molecule has 0 fully saturated rings. The van der Waals surface area contributed by atoms with Crippen LogP contribution < -0.4 is 14.8 Å². The van der Waals surface area contributed by atoms with Crippen LogP contribution in [-0.2, 0) is 6.54 Å². The minimum atomic E-state index is -0.260. The van der Waals surface area contributed by atoms with Gasteiger partial charge in [-0.25, -0.2) is 4.79 Å². The molecule has 0 aliphatic carbocycles. The molecule has 29 heavy (non-hydrogen) atoms. The molecule has 0 spiro atoms. The van der Waals surface area contributed by atoms with Crippen molar-refractivity contribution in [3.8, 4) is 11.5 Å². The molecule has 4 rings (SSSR count). The number of nitrogens with zero attached hydrogens (tertiary/aromatic N) is 2. The molecule has 1 N–H and O–H groups in total.